The number of rotatable bonds is 5. The predicted molar refractivity (Wildman–Crippen MR) is 97.9 cm³/mol. The van der Waals surface area contributed by atoms with Gasteiger partial charge in [-0.1, -0.05) is 42.0 Å². The largest absolute Gasteiger partial charge is 0.497 e. The maximum absolute atomic E-state index is 11.3. The Balaban J connectivity index is 1.90. The Morgan fingerprint density at radius 1 is 1.12 bits per heavy atom. The van der Waals surface area contributed by atoms with Crippen molar-refractivity contribution in [3.8, 4) is 5.75 Å². The second-order valence-corrected chi connectivity index (χ2v) is 6.74. The Morgan fingerprint density at radius 3 is 2.36 bits per heavy atom. The van der Waals surface area contributed by atoms with Gasteiger partial charge >= 0.3 is 5.97 Å². The van der Waals surface area contributed by atoms with Crippen molar-refractivity contribution in [2.75, 3.05) is 20.2 Å². The van der Waals surface area contributed by atoms with Crippen molar-refractivity contribution in [2.45, 2.75) is 25.8 Å². The van der Waals surface area contributed by atoms with Crippen LogP contribution in [0.5, 0.6) is 5.75 Å². The van der Waals surface area contributed by atoms with E-state index in [-0.39, 0.29) is 12.0 Å². The molecule has 1 atom stereocenters. The number of carboxylic acid groups (broad SMARTS) is 1. The van der Waals surface area contributed by atoms with Crippen LogP contribution in [0.25, 0.3) is 0 Å². The second-order valence-electron chi connectivity index (χ2n) is 6.74. The zero-order valence-electron chi connectivity index (χ0n) is 14.8. The monoisotopic (exact) mass is 339 g/mol. The summed E-state index contributed by atoms with van der Waals surface area (Å²) in [5.41, 5.74) is 3.69. The van der Waals surface area contributed by atoms with Gasteiger partial charge in [-0.05, 0) is 56.1 Å². The first-order chi connectivity index (χ1) is 12.1. The fraction of sp³-hybridized carbons (Fsp3) is 0.381. The molecule has 1 aliphatic heterocycles. The first kappa shape index (κ1) is 17.5. The van der Waals surface area contributed by atoms with E-state index in [1.807, 2.05) is 12.1 Å². The Labute approximate surface area is 149 Å². The van der Waals surface area contributed by atoms with E-state index in [1.54, 1.807) is 7.11 Å². The van der Waals surface area contributed by atoms with Crippen LogP contribution in [0.15, 0.2) is 48.5 Å². The lowest BCUT2D eigenvalue weighted by Crippen LogP contribution is -2.39. The molecule has 0 spiro atoms. The molecule has 1 unspecified atom stereocenters. The van der Waals surface area contributed by atoms with E-state index in [0.29, 0.717) is 12.8 Å². The van der Waals surface area contributed by atoms with Crippen LogP contribution >= 0.6 is 0 Å². The van der Waals surface area contributed by atoms with Crippen molar-refractivity contribution < 1.29 is 14.6 Å². The summed E-state index contributed by atoms with van der Waals surface area (Å²) < 4.78 is 5.28. The summed E-state index contributed by atoms with van der Waals surface area (Å²) in [6, 6.07) is 16.9. The molecule has 2 aromatic carbocycles. The van der Waals surface area contributed by atoms with Crippen LogP contribution in [0.1, 0.15) is 35.6 Å². The number of aliphatic carboxylic acids is 1. The molecule has 1 aliphatic rings. The van der Waals surface area contributed by atoms with Crippen molar-refractivity contribution in [1.82, 2.24) is 4.90 Å². The summed E-state index contributed by atoms with van der Waals surface area (Å²) in [6.07, 6.45) is 1.40. The van der Waals surface area contributed by atoms with Crippen LogP contribution in [0.4, 0.5) is 0 Å². The molecular weight excluding hydrogens is 314 g/mol. The van der Waals surface area contributed by atoms with E-state index >= 15 is 0 Å². The fourth-order valence-corrected chi connectivity index (χ4v) is 3.65. The van der Waals surface area contributed by atoms with Crippen molar-refractivity contribution in [1.29, 1.82) is 0 Å². The molecule has 1 N–H and O–H groups in total. The molecule has 0 aliphatic carbocycles. The first-order valence-corrected chi connectivity index (χ1v) is 8.76. The summed E-state index contributed by atoms with van der Waals surface area (Å²) in [7, 11) is 1.67. The molecule has 4 heteroatoms. The van der Waals surface area contributed by atoms with E-state index in [4.69, 9.17) is 4.74 Å². The third kappa shape index (κ3) is 4.02. The average Bonchev–Trinajstić information content (AvgIpc) is 2.63. The zero-order valence-corrected chi connectivity index (χ0v) is 14.8. The highest BCUT2D eigenvalue weighted by Gasteiger charge is 2.30. The van der Waals surface area contributed by atoms with Crippen molar-refractivity contribution in [3.63, 3.8) is 0 Å². The average molecular weight is 339 g/mol. The lowest BCUT2D eigenvalue weighted by molar-refractivity contribution is -0.143. The summed E-state index contributed by atoms with van der Waals surface area (Å²) in [5.74, 6) is -0.0437. The van der Waals surface area contributed by atoms with Gasteiger partial charge in [0.1, 0.15) is 5.75 Å². The smallest absolute Gasteiger partial charge is 0.306 e. The minimum absolute atomic E-state index is 0.139. The molecule has 4 nitrogen and oxygen atoms in total. The van der Waals surface area contributed by atoms with Crippen LogP contribution < -0.4 is 4.74 Å². The number of piperidine rings is 1. The van der Waals surface area contributed by atoms with Gasteiger partial charge in [0.05, 0.1) is 19.1 Å². The number of carboxylic acids is 1. The lowest BCUT2D eigenvalue weighted by atomic mass is 9.91. The van der Waals surface area contributed by atoms with E-state index in [2.05, 4.69) is 48.2 Å². The van der Waals surface area contributed by atoms with Crippen LogP contribution in [-0.4, -0.2) is 36.2 Å². The number of carbonyl (C=O) groups is 1. The van der Waals surface area contributed by atoms with Gasteiger partial charge in [-0.2, -0.15) is 0 Å². The van der Waals surface area contributed by atoms with Crippen LogP contribution in [0.2, 0.25) is 0 Å². The molecule has 0 aromatic heterocycles. The highest BCUT2D eigenvalue weighted by Crippen LogP contribution is 2.33. The molecule has 0 bridgehead atoms. The predicted octanol–water partition coefficient (Wildman–Crippen LogP) is 3.89. The van der Waals surface area contributed by atoms with Gasteiger partial charge in [-0.15, -0.1) is 0 Å². The van der Waals surface area contributed by atoms with Crippen molar-refractivity contribution >= 4 is 5.97 Å². The number of hydrogen-bond acceptors (Lipinski definition) is 3. The van der Waals surface area contributed by atoms with Crippen molar-refractivity contribution in [3.05, 3.63) is 65.2 Å². The Hall–Kier alpha value is -2.33. The van der Waals surface area contributed by atoms with Crippen LogP contribution in [0.3, 0.4) is 0 Å². The Bertz CT molecular complexity index is 718. The van der Waals surface area contributed by atoms with Gasteiger partial charge in [0.15, 0.2) is 0 Å². The molecule has 0 saturated carbocycles. The normalized spacial score (nSPS) is 17.2. The molecule has 0 amide bonds. The number of aryl methyl sites for hydroxylation is 1. The van der Waals surface area contributed by atoms with E-state index in [1.165, 1.54) is 16.7 Å². The van der Waals surface area contributed by atoms with Crippen LogP contribution in [-0.2, 0) is 4.79 Å². The number of ether oxygens (including phenoxy) is 1. The first-order valence-electron chi connectivity index (χ1n) is 8.76. The second kappa shape index (κ2) is 7.70. The fourth-order valence-electron chi connectivity index (χ4n) is 3.65. The van der Waals surface area contributed by atoms with E-state index in [0.717, 1.165) is 18.8 Å². The number of benzene rings is 2. The minimum Gasteiger partial charge on any atom is -0.497 e. The molecule has 1 heterocycles. The summed E-state index contributed by atoms with van der Waals surface area (Å²) in [4.78, 5) is 13.7. The molecule has 25 heavy (non-hydrogen) atoms. The molecule has 132 valence electrons. The summed E-state index contributed by atoms with van der Waals surface area (Å²) >= 11 is 0. The third-order valence-corrected chi connectivity index (χ3v) is 5.03. The maximum atomic E-state index is 11.3. The summed E-state index contributed by atoms with van der Waals surface area (Å²) in [6.45, 7) is 3.69. The quantitative estimate of drug-likeness (QED) is 0.898. The Morgan fingerprint density at radius 2 is 1.80 bits per heavy atom. The molecular formula is C21H25NO3. The highest BCUT2D eigenvalue weighted by atomic mass is 16.5. The van der Waals surface area contributed by atoms with Crippen molar-refractivity contribution in [2.24, 2.45) is 5.92 Å². The molecule has 3 rings (SSSR count). The van der Waals surface area contributed by atoms with E-state index < -0.39 is 5.97 Å². The number of hydrogen-bond donors (Lipinski definition) is 1. The molecule has 1 fully saturated rings. The number of likely N-dealkylation sites (tertiary alicyclic amines) is 1. The van der Waals surface area contributed by atoms with Gasteiger partial charge in [0.25, 0.3) is 0 Å². The van der Waals surface area contributed by atoms with Gasteiger partial charge in [-0.25, -0.2) is 0 Å². The van der Waals surface area contributed by atoms with Gasteiger partial charge in [0.2, 0.25) is 0 Å². The third-order valence-electron chi connectivity index (χ3n) is 5.03. The highest BCUT2D eigenvalue weighted by molar-refractivity contribution is 5.70. The van der Waals surface area contributed by atoms with Crippen LogP contribution in [0, 0.1) is 12.8 Å². The van der Waals surface area contributed by atoms with Gasteiger partial charge in [0, 0.05) is 0 Å². The number of methoxy groups -OCH3 is 1. The SMILES string of the molecule is COc1ccc(C(c2cccc(C)c2)N2CCC(C(=O)O)CC2)cc1. The van der Waals surface area contributed by atoms with E-state index in [9.17, 15) is 9.90 Å². The number of nitrogens with zero attached hydrogens (tertiary/aromatic N) is 1. The molecule has 0 radical (unpaired) electrons. The maximum Gasteiger partial charge on any atom is 0.306 e. The molecule has 1 saturated heterocycles. The molecule has 2 aromatic rings. The minimum atomic E-state index is -0.670. The summed E-state index contributed by atoms with van der Waals surface area (Å²) in [5, 5.41) is 9.26. The Kier molecular flexibility index (Phi) is 5.39. The standard InChI is InChI=1S/C21H25NO3/c1-15-4-3-5-18(14-15)20(16-6-8-19(25-2)9-7-16)22-12-10-17(11-13-22)21(23)24/h3-9,14,17,20H,10-13H2,1-2H3,(H,23,24). The zero-order chi connectivity index (χ0) is 17.8. The van der Waals surface area contributed by atoms with Gasteiger partial charge < -0.3 is 9.84 Å². The van der Waals surface area contributed by atoms with Gasteiger partial charge in [-0.3, -0.25) is 9.69 Å². The lowest BCUT2D eigenvalue weighted by Gasteiger charge is -2.37. The topological polar surface area (TPSA) is 49.8 Å².